The van der Waals surface area contributed by atoms with Gasteiger partial charge in [0.05, 0.1) is 30.0 Å². The maximum Gasteiger partial charge on any atom is 0.179 e. The Morgan fingerprint density at radius 2 is 2.04 bits per heavy atom. The van der Waals surface area contributed by atoms with Crippen LogP contribution in [0.4, 0.5) is 11.4 Å². The maximum absolute atomic E-state index is 6.09. The number of aryl methyl sites for hydroxylation is 1. The summed E-state index contributed by atoms with van der Waals surface area (Å²) in [5.41, 5.74) is 3.84. The lowest BCUT2D eigenvalue weighted by molar-refractivity contribution is 0.511. The van der Waals surface area contributed by atoms with Gasteiger partial charge in [0.25, 0.3) is 0 Å². The Morgan fingerprint density at radius 3 is 2.85 bits per heavy atom. The minimum Gasteiger partial charge on any atom is -0.357 e. The van der Waals surface area contributed by atoms with Crippen LogP contribution in [-0.2, 0) is 13.1 Å². The van der Waals surface area contributed by atoms with E-state index in [1.54, 1.807) is 0 Å². The fraction of sp³-hybridized carbons (Fsp3) is 0.350. The van der Waals surface area contributed by atoms with Crippen molar-refractivity contribution in [1.29, 1.82) is 0 Å². The van der Waals surface area contributed by atoms with Crippen LogP contribution in [0, 0.1) is 5.92 Å². The van der Waals surface area contributed by atoms with E-state index in [9.17, 15) is 0 Å². The summed E-state index contributed by atoms with van der Waals surface area (Å²) >= 11 is 9.66. The van der Waals surface area contributed by atoms with Crippen LogP contribution in [0.25, 0.3) is 11.2 Å². The van der Waals surface area contributed by atoms with E-state index in [4.69, 9.17) is 16.6 Å². The molecule has 2 aromatic heterocycles. The Balaban J connectivity index is 1.72. The van der Waals surface area contributed by atoms with Crippen LogP contribution in [0.5, 0.6) is 0 Å². The molecule has 0 aliphatic carbocycles. The Hall–Kier alpha value is -1.92. The summed E-state index contributed by atoms with van der Waals surface area (Å²) < 4.78 is 3.33. The molecule has 7 heteroatoms. The molecule has 0 N–H and O–H groups in total. The first kappa shape index (κ1) is 18.4. The molecule has 3 heterocycles. The van der Waals surface area contributed by atoms with Crippen LogP contribution in [0.2, 0.25) is 5.15 Å². The molecule has 0 atom stereocenters. The second-order valence-corrected chi connectivity index (χ2v) is 8.47. The van der Waals surface area contributed by atoms with Crippen molar-refractivity contribution in [3.8, 4) is 0 Å². The fourth-order valence-electron chi connectivity index (χ4n) is 3.31. The molecule has 0 amide bonds. The number of aromatic nitrogens is 3. The zero-order valence-corrected chi connectivity index (χ0v) is 17.7. The minimum absolute atomic E-state index is 0.474. The molecule has 27 heavy (non-hydrogen) atoms. The number of benzene rings is 1. The number of fused-ring (bicyclic) bond motifs is 2. The molecule has 0 radical (unpaired) electrons. The highest BCUT2D eigenvalue weighted by Crippen LogP contribution is 2.34. The lowest BCUT2D eigenvalue weighted by atomic mass is 10.1. The third-order valence-corrected chi connectivity index (χ3v) is 5.43. The first-order valence-corrected chi connectivity index (χ1v) is 10.3. The maximum atomic E-state index is 6.09. The van der Waals surface area contributed by atoms with Crippen LogP contribution < -0.4 is 4.90 Å². The molecule has 140 valence electrons. The van der Waals surface area contributed by atoms with Crippen molar-refractivity contribution < 1.29 is 0 Å². The number of hydrogen-bond donors (Lipinski definition) is 0. The first-order valence-electron chi connectivity index (χ1n) is 9.10. The zero-order chi connectivity index (χ0) is 19.0. The molecule has 3 aromatic rings. The number of pyridine rings is 1. The van der Waals surface area contributed by atoms with E-state index in [1.165, 1.54) is 0 Å². The first-order chi connectivity index (χ1) is 13.0. The number of imidazole rings is 1. The topological polar surface area (TPSA) is 46.3 Å². The Labute approximate surface area is 172 Å². The molecular formula is C20H21BrClN5. The van der Waals surface area contributed by atoms with Gasteiger partial charge in [-0.2, -0.15) is 0 Å². The van der Waals surface area contributed by atoms with Crippen molar-refractivity contribution in [1.82, 2.24) is 14.5 Å². The van der Waals surface area contributed by atoms with Gasteiger partial charge in [0.2, 0.25) is 0 Å². The average Bonchev–Trinajstić information content (AvgIpc) is 2.96. The quantitative estimate of drug-likeness (QED) is 0.478. The molecule has 5 nitrogen and oxygen atoms in total. The van der Waals surface area contributed by atoms with E-state index < -0.39 is 0 Å². The van der Waals surface area contributed by atoms with Crippen LogP contribution in [0.15, 0.2) is 39.8 Å². The Kier molecular flexibility index (Phi) is 5.19. The lowest BCUT2D eigenvalue weighted by Crippen LogP contribution is -2.28. The summed E-state index contributed by atoms with van der Waals surface area (Å²) in [7, 11) is 0. The number of rotatable bonds is 5. The van der Waals surface area contributed by atoms with Gasteiger partial charge in [-0.1, -0.05) is 41.4 Å². The molecule has 1 aliphatic heterocycles. The van der Waals surface area contributed by atoms with E-state index in [0.29, 0.717) is 23.3 Å². The van der Waals surface area contributed by atoms with Crippen molar-refractivity contribution >= 4 is 56.3 Å². The molecule has 0 saturated heterocycles. The van der Waals surface area contributed by atoms with Crippen LogP contribution in [0.3, 0.4) is 0 Å². The second kappa shape index (κ2) is 7.60. The van der Waals surface area contributed by atoms with Gasteiger partial charge in [0.1, 0.15) is 11.0 Å². The van der Waals surface area contributed by atoms with Crippen molar-refractivity contribution in [2.75, 3.05) is 11.4 Å². The molecule has 0 bridgehead atoms. The summed E-state index contributed by atoms with van der Waals surface area (Å²) in [4.78, 5) is 16.0. The third-order valence-electron chi connectivity index (χ3n) is 4.73. The number of halogens is 2. The molecular weight excluding hydrogens is 426 g/mol. The largest absolute Gasteiger partial charge is 0.357 e. The zero-order valence-electron chi connectivity index (χ0n) is 15.4. The molecule has 0 saturated carbocycles. The minimum atomic E-state index is 0.474. The van der Waals surface area contributed by atoms with Gasteiger partial charge in [-0.25, -0.2) is 9.97 Å². The highest BCUT2D eigenvalue weighted by molar-refractivity contribution is 9.10. The number of anilines is 1. The van der Waals surface area contributed by atoms with E-state index in [1.807, 2.05) is 30.5 Å². The van der Waals surface area contributed by atoms with Gasteiger partial charge in [0.15, 0.2) is 5.65 Å². The molecule has 4 rings (SSSR count). The number of nitrogens with zero attached hydrogens (tertiary/aromatic N) is 5. The summed E-state index contributed by atoms with van der Waals surface area (Å²) in [5.74, 6) is 1.62. The van der Waals surface area contributed by atoms with Crippen molar-refractivity contribution in [3.05, 3.63) is 45.8 Å². The summed E-state index contributed by atoms with van der Waals surface area (Å²) in [6, 6.07) is 10.0. The fourth-order valence-corrected chi connectivity index (χ4v) is 3.80. The monoisotopic (exact) mass is 445 g/mol. The van der Waals surface area contributed by atoms with Gasteiger partial charge < -0.3 is 9.47 Å². The third kappa shape index (κ3) is 3.87. The average molecular weight is 447 g/mol. The Morgan fingerprint density at radius 1 is 1.19 bits per heavy atom. The van der Waals surface area contributed by atoms with E-state index in [2.05, 4.69) is 55.3 Å². The summed E-state index contributed by atoms with van der Waals surface area (Å²) in [6.07, 6.45) is 3.04. The molecule has 1 aliphatic rings. The predicted octanol–water partition coefficient (Wildman–Crippen LogP) is 5.62. The predicted molar refractivity (Wildman–Crippen MR) is 115 cm³/mol. The van der Waals surface area contributed by atoms with Gasteiger partial charge in [-0.3, -0.25) is 4.99 Å². The Bertz CT molecular complexity index is 1010. The highest BCUT2D eigenvalue weighted by atomic mass is 79.9. The summed E-state index contributed by atoms with van der Waals surface area (Å²) in [6.45, 7) is 6.85. The number of aliphatic imine (C=N–C) groups is 1. The number of hydrogen-bond acceptors (Lipinski definition) is 4. The van der Waals surface area contributed by atoms with Gasteiger partial charge in [-0.15, -0.1) is 0 Å². The standard InChI is InChI=1S/C20H21BrClN5/c1-13(2)7-9-27-16-5-6-18(22)24-20(16)25-19(27)12-26-10-8-23-15-4-3-14(21)11-17(15)26/h3-6,8,11,13H,7,9-10,12H2,1-2H3. The second-order valence-electron chi connectivity index (χ2n) is 7.16. The lowest BCUT2D eigenvalue weighted by Gasteiger charge is -2.27. The SMILES string of the molecule is CC(C)CCn1c(CN2CC=Nc3ccc(Br)cc32)nc2nc(Cl)ccc21. The highest BCUT2D eigenvalue weighted by Gasteiger charge is 2.19. The van der Waals surface area contributed by atoms with E-state index in [-0.39, 0.29) is 0 Å². The van der Waals surface area contributed by atoms with E-state index in [0.717, 1.165) is 46.7 Å². The van der Waals surface area contributed by atoms with Crippen LogP contribution >= 0.6 is 27.5 Å². The molecule has 0 spiro atoms. The summed E-state index contributed by atoms with van der Waals surface area (Å²) in [5, 5.41) is 0.474. The molecule has 1 aromatic carbocycles. The van der Waals surface area contributed by atoms with Gasteiger partial charge in [0, 0.05) is 17.2 Å². The van der Waals surface area contributed by atoms with Gasteiger partial charge >= 0.3 is 0 Å². The van der Waals surface area contributed by atoms with E-state index >= 15 is 0 Å². The molecule has 0 unspecified atom stereocenters. The van der Waals surface area contributed by atoms with Crippen molar-refractivity contribution in [2.24, 2.45) is 10.9 Å². The van der Waals surface area contributed by atoms with Crippen LogP contribution in [-0.4, -0.2) is 27.3 Å². The molecule has 0 fully saturated rings. The van der Waals surface area contributed by atoms with Crippen LogP contribution in [0.1, 0.15) is 26.1 Å². The van der Waals surface area contributed by atoms with Gasteiger partial charge in [-0.05, 0) is 42.7 Å². The normalized spacial score (nSPS) is 13.6. The van der Waals surface area contributed by atoms with Crippen molar-refractivity contribution in [3.63, 3.8) is 0 Å². The smallest absolute Gasteiger partial charge is 0.179 e. The van der Waals surface area contributed by atoms with Crippen molar-refractivity contribution in [2.45, 2.75) is 33.4 Å².